The minimum atomic E-state index is -5.17. The van der Waals surface area contributed by atoms with Crippen LogP contribution in [0.1, 0.15) is 17.5 Å². The number of hydrogen-bond acceptors (Lipinski definition) is 4. The largest absolute Gasteiger partial charge is 0.573 e. The van der Waals surface area contributed by atoms with Crippen LogP contribution < -0.4 is 9.47 Å². The molecule has 0 heterocycles. The lowest BCUT2D eigenvalue weighted by Crippen LogP contribution is -2.41. The molecule has 2 rings (SSSR count). The molecule has 1 atom stereocenters. The minimum absolute atomic E-state index is 0.106. The van der Waals surface area contributed by atoms with Gasteiger partial charge in [-0.3, -0.25) is 4.74 Å². The second-order valence-electron chi connectivity index (χ2n) is 7.44. The summed E-state index contributed by atoms with van der Waals surface area (Å²) in [6, 6.07) is 11.3. The SMILES string of the molecule is FCN(CCC(COc1ccccc1CCc1cccc(OC(F)(F)F)c1)OC(F)(F)F)C(F)(F)F. The van der Waals surface area contributed by atoms with E-state index in [4.69, 9.17) is 4.74 Å². The molecule has 0 amide bonds. The third-order valence-electron chi connectivity index (χ3n) is 4.74. The van der Waals surface area contributed by atoms with Gasteiger partial charge >= 0.3 is 19.0 Å². The molecule has 0 aliphatic carbocycles. The van der Waals surface area contributed by atoms with Crippen molar-refractivity contribution in [1.29, 1.82) is 0 Å². The maximum atomic E-state index is 12.7. The van der Waals surface area contributed by atoms with Crippen molar-refractivity contribution < 1.29 is 58.1 Å². The fourth-order valence-corrected chi connectivity index (χ4v) is 3.13. The lowest BCUT2D eigenvalue weighted by atomic mass is 10.0. The molecule has 4 nitrogen and oxygen atoms in total. The molecule has 0 fully saturated rings. The Morgan fingerprint density at radius 1 is 0.806 bits per heavy atom. The van der Waals surface area contributed by atoms with Crippen molar-refractivity contribution >= 4 is 0 Å². The van der Waals surface area contributed by atoms with E-state index in [1.807, 2.05) is 0 Å². The normalized spacial score (nSPS) is 13.6. The van der Waals surface area contributed by atoms with Crippen LogP contribution in [0.3, 0.4) is 0 Å². The van der Waals surface area contributed by atoms with Crippen molar-refractivity contribution in [2.45, 2.75) is 44.4 Å². The smallest absolute Gasteiger partial charge is 0.491 e. The predicted octanol–water partition coefficient (Wildman–Crippen LogP) is 6.79. The van der Waals surface area contributed by atoms with E-state index in [2.05, 4.69) is 9.47 Å². The van der Waals surface area contributed by atoms with Crippen LogP contribution in [0.2, 0.25) is 0 Å². The van der Waals surface area contributed by atoms with Crippen LogP contribution in [0.5, 0.6) is 11.5 Å². The number of para-hydroxylation sites is 1. The Hall–Kier alpha value is -2.74. The summed E-state index contributed by atoms with van der Waals surface area (Å²) >= 11 is 0. The Balaban J connectivity index is 2.05. The van der Waals surface area contributed by atoms with Gasteiger partial charge in [0.2, 0.25) is 0 Å². The number of alkyl halides is 10. The summed E-state index contributed by atoms with van der Waals surface area (Å²) in [5, 5.41) is 0. The third kappa shape index (κ3) is 10.9. The quantitative estimate of drug-likeness (QED) is 0.220. The van der Waals surface area contributed by atoms with E-state index in [-0.39, 0.29) is 18.6 Å². The maximum absolute atomic E-state index is 12.7. The standard InChI is InChI=1S/C22H21F10NO3/c23-14-33(20(24,25)26)11-10-18(36-22(30,31)32)13-34-19-7-2-1-5-16(19)9-8-15-4-3-6-17(12-15)35-21(27,28)29/h1-7,12,18H,8-11,13-14H2. The highest BCUT2D eigenvalue weighted by Gasteiger charge is 2.39. The zero-order chi connectivity index (χ0) is 27.0. The number of aryl methyl sites for hydroxylation is 2. The summed E-state index contributed by atoms with van der Waals surface area (Å²) in [6.45, 7) is -3.83. The molecule has 0 aliphatic heterocycles. The van der Waals surface area contributed by atoms with Gasteiger partial charge in [-0.15, -0.1) is 26.3 Å². The average Bonchev–Trinajstić information content (AvgIpc) is 2.74. The molecule has 36 heavy (non-hydrogen) atoms. The average molecular weight is 537 g/mol. The van der Waals surface area contributed by atoms with Crippen molar-refractivity contribution in [3.05, 3.63) is 59.7 Å². The van der Waals surface area contributed by atoms with Crippen molar-refractivity contribution in [1.82, 2.24) is 4.90 Å². The molecule has 0 N–H and O–H groups in total. The van der Waals surface area contributed by atoms with Crippen LogP contribution in [0.25, 0.3) is 0 Å². The number of nitrogens with zero attached hydrogens (tertiary/aromatic N) is 1. The van der Waals surface area contributed by atoms with Crippen LogP contribution in [0, 0.1) is 0 Å². The van der Waals surface area contributed by atoms with E-state index in [9.17, 15) is 43.9 Å². The van der Waals surface area contributed by atoms with Gasteiger partial charge in [-0.05, 0) is 48.6 Å². The Labute approximate surface area is 199 Å². The van der Waals surface area contributed by atoms with E-state index in [0.29, 0.717) is 11.1 Å². The van der Waals surface area contributed by atoms with Crippen LogP contribution in [-0.2, 0) is 17.6 Å². The fourth-order valence-electron chi connectivity index (χ4n) is 3.13. The summed E-state index contributed by atoms with van der Waals surface area (Å²) in [7, 11) is 0. The molecule has 0 saturated carbocycles. The van der Waals surface area contributed by atoms with E-state index in [1.54, 1.807) is 18.2 Å². The molecular weight excluding hydrogens is 516 g/mol. The van der Waals surface area contributed by atoms with Gasteiger partial charge in [0.05, 0.1) is 0 Å². The summed E-state index contributed by atoms with van der Waals surface area (Å²) < 4.78 is 139. The van der Waals surface area contributed by atoms with E-state index >= 15 is 0 Å². The zero-order valence-corrected chi connectivity index (χ0v) is 18.4. The summed E-state index contributed by atoms with van der Waals surface area (Å²) in [4.78, 5) is -0.607. The molecule has 0 bridgehead atoms. The molecule has 1 unspecified atom stereocenters. The topological polar surface area (TPSA) is 30.9 Å². The molecule has 0 saturated heterocycles. The molecule has 0 aliphatic rings. The fraction of sp³-hybridized carbons (Fsp3) is 0.455. The number of ether oxygens (including phenoxy) is 3. The molecule has 202 valence electrons. The van der Waals surface area contributed by atoms with E-state index in [1.165, 1.54) is 24.3 Å². The highest BCUT2D eigenvalue weighted by atomic mass is 19.4. The van der Waals surface area contributed by atoms with Crippen LogP contribution in [-0.4, -0.2) is 50.0 Å². The maximum Gasteiger partial charge on any atom is 0.573 e. The monoisotopic (exact) mass is 537 g/mol. The van der Waals surface area contributed by atoms with Gasteiger partial charge in [0.25, 0.3) is 0 Å². The Bertz CT molecular complexity index is 947. The third-order valence-corrected chi connectivity index (χ3v) is 4.74. The first kappa shape index (κ1) is 29.5. The first-order chi connectivity index (χ1) is 16.7. The summed E-state index contributed by atoms with van der Waals surface area (Å²) in [5.41, 5.74) is 0.953. The molecule has 14 heteroatoms. The van der Waals surface area contributed by atoms with Crippen molar-refractivity contribution in [2.24, 2.45) is 0 Å². The second kappa shape index (κ2) is 12.5. The van der Waals surface area contributed by atoms with Gasteiger partial charge in [0, 0.05) is 6.54 Å². The van der Waals surface area contributed by atoms with Crippen LogP contribution >= 0.6 is 0 Å². The highest BCUT2D eigenvalue weighted by Crippen LogP contribution is 2.27. The number of hydrogen-bond donors (Lipinski definition) is 0. The van der Waals surface area contributed by atoms with Gasteiger partial charge in [-0.25, -0.2) is 4.39 Å². The Morgan fingerprint density at radius 2 is 1.50 bits per heavy atom. The highest BCUT2D eigenvalue weighted by molar-refractivity contribution is 5.35. The van der Waals surface area contributed by atoms with Crippen molar-refractivity contribution in [3.8, 4) is 11.5 Å². The number of benzene rings is 2. The van der Waals surface area contributed by atoms with Gasteiger partial charge in [0.1, 0.15) is 31.0 Å². The van der Waals surface area contributed by atoms with Gasteiger partial charge in [-0.1, -0.05) is 30.3 Å². The van der Waals surface area contributed by atoms with Gasteiger partial charge in [-0.2, -0.15) is 18.1 Å². The number of rotatable bonds is 12. The summed E-state index contributed by atoms with van der Waals surface area (Å²) in [6.07, 6.45) is -17.4. The lowest BCUT2D eigenvalue weighted by Gasteiger charge is -2.25. The minimum Gasteiger partial charge on any atom is -0.491 e. The molecule has 2 aromatic carbocycles. The van der Waals surface area contributed by atoms with E-state index in [0.717, 1.165) is 6.07 Å². The molecule has 0 radical (unpaired) electrons. The van der Waals surface area contributed by atoms with Gasteiger partial charge < -0.3 is 9.47 Å². The van der Waals surface area contributed by atoms with Gasteiger partial charge in [0.15, 0.2) is 0 Å². The van der Waals surface area contributed by atoms with Crippen molar-refractivity contribution in [3.63, 3.8) is 0 Å². The van der Waals surface area contributed by atoms with E-state index < -0.39 is 62.1 Å². The molecule has 0 spiro atoms. The molecule has 0 aromatic heterocycles. The van der Waals surface area contributed by atoms with Crippen molar-refractivity contribution in [2.75, 3.05) is 20.0 Å². The first-order valence-electron chi connectivity index (χ1n) is 10.3. The second-order valence-corrected chi connectivity index (χ2v) is 7.44. The predicted molar refractivity (Wildman–Crippen MR) is 107 cm³/mol. The summed E-state index contributed by atoms with van der Waals surface area (Å²) in [5.74, 6) is -0.313. The Kier molecular flexibility index (Phi) is 10.2. The molecule has 2 aromatic rings. The first-order valence-corrected chi connectivity index (χ1v) is 10.3. The Morgan fingerprint density at radius 3 is 2.11 bits per heavy atom. The zero-order valence-electron chi connectivity index (χ0n) is 18.4. The lowest BCUT2D eigenvalue weighted by molar-refractivity contribution is -0.346. The van der Waals surface area contributed by atoms with Crippen LogP contribution in [0.15, 0.2) is 48.5 Å². The molecular formula is C22H21F10NO3. The number of halogens is 10. The van der Waals surface area contributed by atoms with Crippen LogP contribution in [0.4, 0.5) is 43.9 Å².